The van der Waals surface area contributed by atoms with Crippen molar-refractivity contribution in [3.8, 4) is 18.2 Å². The quantitative estimate of drug-likeness (QED) is 0.634. The van der Waals surface area contributed by atoms with Crippen LogP contribution < -0.4 is 0 Å². The van der Waals surface area contributed by atoms with Crippen LogP contribution in [-0.4, -0.2) is 0 Å². The van der Waals surface area contributed by atoms with E-state index in [0.717, 1.165) is 12.0 Å². The smallest absolute Gasteiger partial charge is 0.103 e. The summed E-state index contributed by atoms with van der Waals surface area (Å²) in [6.45, 7) is 6.43. The molecule has 3 nitrogen and oxygen atoms in total. The van der Waals surface area contributed by atoms with Crippen molar-refractivity contribution in [3.63, 3.8) is 0 Å². The predicted molar refractivity (Wildman–Crippen MR) is 85.1 cm³/mol. The molecule has 1 saturated carbocycles. The zero-order valence-electron chi connectivity index (χ0n) is 13.7. The molecule has 0 aromatic carbocycles. The van der Waals surface area contributed by atoms with Crippen molar-refractivity contribution in [2.75, 3.05) is 0 Å². The van der Waals surface area contributed by atoms with Crippen molar-refractivity contribution < 1.29 is 0 Å². The number of nitrogens with zero attached hydrogens (tertiary/aromatic N) is 3. The van der Waals surface area contributed by atoms with Crippen molar-refractivity contribution in [2.24, 2.45) is 33.5 Å². The molecular formula is C20H19N3. The average Bonchev–Trinajstić information content (AvgIpc) is 2.76. The monoisotopic (exact) mass is 301 g/mol. The van der Waals surface area contributed by atoms with E-state index in [1.165, 1.54) is 5.57 Å². The van der Waals surface area contributed by atoms with Gasteiger partial charge in [0.25, 0.3) is 0 Å². The van der Waals surface area contributed by atoms with Crippen LogP contribution in [0.3, 0.4) is 0 Å². The minimum absolute atomic E-state index is 0.215. The molecule has 1 spiro atoms. The maximum absolute atomic E-state index is 10.1. The van der Waals surface area contributed by atoms with Gasteiger partial charge in [-0.15, -0.1) is 0 Å². The van der Waals surface area contributed by atoms with Gasteiger partial charge in [0.2, 0.25) is 0 Å². The van der Waals surface area contributed by atoms with Crippen molar-refractivity contribution in [3.05, 3.63) is 35.5 Å². The lowest BCUT2D eigenvalue weighted by Crippen LogP contribution is -2.62. The highest BCUT2D eigenvalue weighted by atomic mass is 14.7. The lowest BCUT2D eigenvalue weighted by molar-refractivity contribution is 0.00830. The number of nitriles is 3. The molecule has 0 aromatic rings. The summed E-state index contributed by atoms with van der Waals surface area (Å²) in [5.74, 6) is 0.0513. The summed E-state index contributed by atoms with van der Waals surface area (Å²) >= 11 is 0. The lowest BCUT2D eigenvalue weighted by atomic mass is 9.35. The number of rotatable bonds is 0. The molecule has 4 aliphatic carbocycles. The van der Waals surface area contributed by atoms with Crippen molar-refractivity contribution in [1.29, 1.82) is 15.8 Å². The van der Waals surface area contributed by atoms with Gasteiger partial charge >= 0.3 is 0 Å². The predicted octanol–water partition coefficient (Wildman–Crippen LogP) is 4.04. The lowest BCUT2D eigenvalue weighted by Gasteiger charge is -2.63. The minimum atomic E-state index is -0.697. The highest BCUT2D eigenvalue weighted by molar-refractivity contribution is 5.62. The van der Waals surface area contributed by atoms with E-state index in [9.17, 15) is 15.8 Å². The second-order valence-electron chi connectivity index (χ2n) is 8.20. The van der Waals surface area contributed by atoms with Gasteiger partial charge in [-0.2, -0.15) is 15.8 Å². The summed E-state index contributed by atoms with van der Waals surface area (Å²) in [7, 11) is 0. The third-order valence-electron chi connectivity index (χ3n) is 6.99. The summed E-state index contributed by atoms with van der Waals surface area (Å²) in [5.41, 5.74) is 0.185. The van der Waals surface area contributed by atoms with Gasteiger partial charge in [0.05, 0.1) is 29.5 Å². The molecule has 0 aliphatic heterocycles. The Labute approximate surface area is 137 Å². The molecule has 4 rings (SSSR count). The van der Waals surface area contributed by atoms with E-state index < -0.39 is 16.2 Å². The molecule has 5 atom stereocenters. The Balaban J connectivity index is 2.12. The van der Waals surface area contributed by atoms with Gasteiger partial charge in [0, 0.05) is 5.41 Å². The highest BCUT2D eigenvalue weighted by Gasteiger charge is 2.75. The average molecular weight is 301 g/mol. The van der Waals surface area contributed by atoms with E-state index in [1.807, 2.05) is 12.2 Å². The van der Waals surface area contributed by atoms with Gasteiger partial charge < -0.3 is 0 Å². The topological polar surface area (TPSA) is 71.4 Å². The first-order valence-corrected chi connectivity index (χ1v) is 8.20. The van der Waals surface area contributed by atoms with E-state index in [-0.39, 0.29) is 17.3 Å². The van der Waals surface area contributed by atoms with Gasteiger partial charge in [-0.25, -0.2) is 0 Å². The van der Waals surface area contributed by atoms with Crippen LogP contribution in [0, 0.1) is 67.5 Å². The van der Waals surface area contributed by atoms with Crippen LogP contribution in [-0.2, 0) is 0 Å². The molecule has 0 radical (unpaired) electrons. The molecule has 0 saturated heterocycles. The highest BCUT2D eigenvalue weighted by Crippen LogP contribution is 2.77. The van der Waals surface area contributed by atoms with Crippen molar-refractivity contribution in [1.82, 2.24) is 0 Å². The zero-order chi connectivity index (χ0) is 16.7. The fraction of sp³-hybridized carbons (Fsp3) is 0.550. The van der Waals surface area contributed by atoms with Crippen molar-refractivity contribution >= 4 is 0 Å². The van der Waals surface area contributed by atoms with Gasteiger partial charge in [-0.3, -0.25) is 0 Å². The van der Waals surface area contributed by atoms with Crippen LogP contribution in [0.5, 0.6) is 0 Å². The largest absolute Gasteiger partial charge is 0.198 e. The summed E-state index contributed by atoms with van der Waals surface area (Å²) in [6.07, 6.45) is 9.58. The first-order valence-electron chi connectivity index (χ1n) is 8.20. The number of allylic oxidation sites excluding steroid dienone is 6. The van der Waals surface area contributed by atoms with Crippen LogP contribution in [0.15, 0.2) is 35.5 Å². The van der Waals surface area contributed by atoms with Crippen LogP contribution in [0.1, 0.15) is 33.6 Å². The molecular weight excluding hydrogens is 282 g/mol. The third kappa shape index (κ3) is 1.17. The van der Waals surface area contributed by atoms with Crippen LogP contribution in [0.4, 0.5) is 0 Å². The Morgan fingerprint density at radius 3 is 2.43 bits per heavy atom. The van der Waals surface area contributed by atoms with Crippen LogP contribution >= 0.6 is 0 Å². The fourth-order valence-corrected chi connectivity index (χ4v) is 5.62. The maximum Gasteiger partial charge on any atom is 0.103 e. The molecule has 114 valence electrons. The Bertz CT molecular complexity index is 838. The molecule has 0 N–H and O–H groups in total. The molecule has 0 bridgehead atoms. The first-order chi connectivity index (χ1) is 10.8. The summed E-state index contributed by atoms with van der Waals surface area (Å²) in [4.78, 5) is 0. The Morgan fingerprint density at radius 2 is 1.83 bits per heavy atom. The number of hydrogen-bond donors (Lipinski definition) is 0. The molecule has 0 heterocycles. The minimum Gasteiger partial charge on any atom is -0.198 e. The van der Waals surface area contributed by atoms with Crippen LogP contribution in [0.25, 0.3) is 0 Å². The summed E-state index contributed by atoms with van der Waals surface area (Å²) in [6, 6.07) is 7.50. The van der Waals surface area contributed by atoms with Crippen molar-refractivity contribution in [2.45, 2.75) is 33.6 Å². The second-order valence-corrected chi connectivity index (χ2v) is 8.20. The molecule has 0 unspecified atom stereocenters. The molecule has 4 aliphatic rings. The normalized spacial score (nSPS) is 47.7. The van der Waals surface area contributed by atoms with Gasteiger partial charge in [-0.1, -0.05) is 50.6 Å². The molecule has 3 heteroatoms. The molecule has 23 heavy (non-hydrogen) atoms. The van der Waals surface area contributed by atoms with Crippen LogP contribution in [0.2, 0.25) is 0 Å². The standard InChI is InChI=1S/C20H19N3/c1-13-4-5-20-14(10-21)8-18(20,11-22)6-7-19(12-23)16(20)15(13)9-17(19,2)3/h4-7,13-14H,8-9H2,1-3H3/t13-,14+,18-,19-,20-/m1/s1. The second kappa shape index (κ2) is 3.77. The summed E-state index contributed by atoms with van der Waals surface area (Å²) < 4.78 is 0. The Morgan fingerprint density at radius 1 is 1.09 bits per heavy atom. The zero-order valence-corrected chi connectivity index (χ0v) is 13.7. The van der Waals surface area contributed by atoms with Gasteiger partial charge in [0.15, 0.2) is 0 Å². The third-order valence-corrected chi connectivity index (χ3v) is 6.99. The van der Waals surface area contributed by atoms with E-state index in [0.29, 0.717) is 6.42 Å². The Hall–Kier alpha value is -2.31. The molecule has 0 aromatic heterocycles. The summed E-state index contributed by atoms with van der Waals surface area (Å²) in [5, 5.41) is 29.7. The fourth-order valence-electron chi connectivity index (χ4n) is 5.62. The number of hydrogen-bond acceptors (Lipinski definition) is 3. The maximum atomic E-state index is 10.1. The van der Waals surface area contributed by atoms with E-state index in [4.69, 9.17) is 0 Å². The van der Waals surface area contributed by atoms with Gasteiger partial charge in [-0.05, 0) is 29.7 Å². The Kier molecular flexibility index (Phi) is 2.35. The molecule has 0 amide bonds. The van der Waals surface area contributed by atoms with Gasteiger partial charge in [0.1, 0.15) is 5.41 Å². The van der Waals surface area contributed by atoms with E-state index in [2.05, 4.69) is 51.1 Å². The SMILES string of the molecule is C[C@@H]1C=C[C@@]23C4=C1CC(C)(C)[C@@]4(C#N)C=C[C@]2(C#N)C[C@H]3C#N. The first kappa shape index (κ1) is 14.3. The van der Waals surface area contributed by atoms with E-state index in [1.54, 1.807) is 0 Å². The van der Waals surface area contributed by atoms with E-state index >= 15 is 0 Å². The molecule has 1 fully saturated rings.